The maximum Gasteiger partial charge on any atom is 0.209 e. The van der Waals surface area contributed by atoms with Gasteiger partial charge >= 0.3 is 0 Å². The zero-order chi connectivity index (χ0) is 18.4. The van der Waals surface area contributed by atoms with Crippen molar-refractivity contribution in [2.24, 2.45) is 5.92 Å². The Morgan fingerprint density at radius 1 is 1.21 bits per heavy atom. The molecular weight excluding hydrogens is 316 g/mol. The fraction of sp³-hybridized carbons (Fsp3) is 0.550. The molecule has 0 fully saturated rings. The van der Waals surface area contributed by atoms with E-state index in [1.54, 1.807) is 7.11 Å². The molecule has 0 aliphatic carbocycles. The van der Waals surface area contributed by atoms with E-state index in [2.05, 4.69) is 45.3 Å². The number of hydrogen-bond donors (Lipinski definition) is 0. The van der Waals surface area contributed by atoms with Crippen LogP contribution < -0.4 is 4.74 Å². The number of carbonyl (C=O) groups is 1. The second-order valence-corrected chi connectivity index (χ2v) is 12.8. The highest BCUT2D eigenvalue weighted by Gasteiger charge is 2.33. The monoisotopic (exact) mass is 346 g/mol. The largest absolute Gasteiger partial charge is 0.497 e. The Balaban J connectivity index is 2.50. The number of hydrogen-bond acceptors (Lipinski definition) is 3. The molecule has 0 aliphatic rings. The molecule has 0 heterocycles. The quantitative estimate of drug-likeness (QED) is 0.563. The smallest absolute Gasteiger partial charge is 0.209 e. The Morgan fingerprint density at radius 3 is 2.29 bits per heavy atom. The van der Waals surface area contributed by atoms with Gasteiger partial charge in [-0.1, -0.05) is 52.9 Å². The topological polar surface area (TPSA) is 35.5 Å². The minimum atomic E-state index is -1.74. The van der Waals surface area contributed by atoms with E-state index in [1.807, 2.05) is 31.2 Å². The highest BCUT2D eigenvalue weighted by Crippen LogP contribution is 2.35. The zero-order valence-corrected chi connectivity index (χ0v) is 17.0. The lowest BCUT2D eigenvalue weighted by Crippen LogP contribution is -2.36. The van der Waals surface area contributed by atoms with Crippen molar-refractivity contribution in [3.63, 3.8) is 0 Å². The van der Waals surface area contributed by atoms with Crippen LogP contribution in [0.1, 0.15) is 33.3 Å². The summed E-state index contributed by atoms with van der Waals surface area (Å²) in [7, 11) is -0.0986. The van der Waals surface area contributed by atoms with Crippen LogP contribution >= 0.6 is 0 Å². The summed E-state index contributed by atoms with van der Waals surface area (Å²) in [4.78, 5) is 12.2. The first-order chi connectivity index (χ1) is 11.1. The van der Waals surface area contributed by atoms with Crippen LogP contribution in [0.25, 0.3) is 0 Å². The predicted octanol–water partition coefficient (Wildman–Crippen LogP) is 4.47. The van der Waals surface area contributed by atoms with Crippen LogP contribution in [0.15, 0.2) is 24.3 Å². The fourth-order valence-corrected chi connectivity index (χ4v) is 2.49. The van der Waals surface area contributed by atoms with E-state index in [0.717, 1.165) is 11.3 Å². The van der Waals surface area contributed by atoms with E-state index in [0.29, 0.717) is 13.2 Å². The molecule has 0 amide bonds. The number of carbonyl (C=O) groups excluding carboxylic acids is 1. The predicted molar refractivity (Wildman–Crippen MR) is 102 cm³/mol. The molecule has 0 unspecified atom stereocenters. The van der Waals surface area contributed by atoms with Crippen LogP contribution in [0.5, 0.6) is 5.75 Å². The Hall–Kier alpha value is -1.57. The number of ketones is 1. The van der Waals surface area contributed by atoms with Gasteiger partial charge in [0.25, 0.3) is 0 Å². The summed E-state index contributed by atoms with van der Waals surface area (Å²) in [5.74, 6) is 3.45. The lowest BCUT2D eigenvalue weighted by atomic mass is 10.1. The van der Waals surface area contributed by atoms with Crippen molar-refractivity contribution in [1.82, 2.24) is 0 Å². The molecule has 0 saturated carbocycles. The van der Waals surface area contributed by atoms with Crippen LogP contribution in [-0.2, 0) is 16.1 Å². The number of methoxy groups -OCH3 is 1. The van der Waals surface area contributed by atoms with Gasteiger partial charge in [0.05, 0.1) is 26.2 Å². The van der Waals surface area contributed by atoms with Crippen LogP contribution in [0, 0.1) is 17.4 Å². The third kappa shape index (κ3) is 6.14. The number of rotatable bonds is 6. The first-order valence-electron chi connectivity index (χ1n) is 8.34. The van der Waals surface area contributed by atoms with Gasteiger partial charge in [-0.05, 0) is 28.7 Å². The molecule has 1 aromatic carbocycles. The third-order valence-electron chi connectivity index (χ3n) is 4.62. The van der Waals surface area contributed by atoms with E-state index < -0.39 is 8.07 Å². The molecule has 24 heavy (non-hydrogen) atoms. The van der Waals surface area contributed by atoms with Crippen LogP contribution in [0.4, 0.5) is 0 Å². The summed E-state index contributed by atoms with van der Waals surface area (Å²) in [5, 5.41) is 0.161. The second kappa shape index (κ2) is 8.50. The molecule has 0 saturated heterocycles. The second-order valence-electron chi connectivity index (χ2n) is 7.75. The lowest BCUT2D eigenvalue weighted by molar-refractivity contribution is -0.118. The third-order valence-corrected chi connectivity index (χ3v) is 9.12. The highest BCUT2D eigenvalue weighted by atomic mass is 28.3. The minimum Gasteiger partial charge on any atom is -0.497 e. The van der Waals surface area contributed by atoms with Crippen LogP contribution in [-0.4, -0.2) is 27.6 Å². The van der Waals surface area contributed by atoms with Gasteiger partial charge in [-0.15, -0.1) is 5.54 Å². The summed E-state index contributed by atoms with van der Waals surface area (Å²) >= 11 is 0. The summed E-state index contributed by atoms with van der Waals surface area (Å²) in [6.45, 7) is 13.7. The van der Waals surface area contributed by atoms with E-state index in [4.69, 9.17) is 9.47 Å². The van der Waals surface area contributed by atoms with E-state index in [9.17, 15) is 4.79 Å². The molecule has 1 rings (SSSR count). The molecule has 0 radical (unpaired) electrons. The highest BCUT2D eigenvalue weighted by molar-refractivity contribution is 6.87. The van der Waals surface area contributed by atoms with Gasteiger partial charge in [0, 0.05) is 0 Å². The summed E-state index contributed by atoms with van der Waals surface area (Å²) in [5.41, 5.74) is 4.33. The van der Waals surface area contributed by atoms with Gasteiger partial charge in [0.2, 0.25) is 5.78 Å². The SMILES string of the molecule is COc1ccc(COC[C@@H](C)C(=O)C#C[Si](C)(C)C(C)(C)C)cc1. The van der Waals surface area contributed by atoms with Gasteiger partial charge in [0.15, 0.2) is 0 Å². The van der Waals surface area contributed by atoms with Gasteiger partial charge in [0.1, 0.15) is 13.8 Å². The van der Waals surface area contributed by atoms with Crippen LogP contribution in [0.2, 0.25) is 18.1 Å². The molecular formula is C20H30O3Si. The van der Waals surface area contributed by atoms with Gasteiger partial charge < -0.3 is 9.47 Å². The Morgan fingerprint density at radius 2 is 1.79 bits per heavy atom. The van der Waals surface area contributed by atoms with Gasteiger partial charge in [-0.25, -0.2) is 0 Å². The normalized spacial score (nSPS) is 13.0. The van der Waals surface area contributed by atoms with Crippen molar-refractivity contribution in [3.8, 4) is 17.2 Å². The molecule has 4 heteroatoms. The van der Waals surface area contributed by atoms with Gasteiger partial charge in [-0.2, -0.15) is 0 Å². The average molecular weight is 347 g/mol. The maximum atomic E-state index is 12.2. The lowest BCUT2D eigenvalue weighted by Gasteiger charge is -2.31. The molecule has 0 aliphatic heterocycles. The summed E-state index contributed by atoms with van der Waals surface area (Å²) < 4.78 is 10.8. The van der Waals surface area contributed by atoms with E-state index in [1.165, 1.54) is 0 Å². The van der Waals surface area contributed by atoms with Crippen molar-refractivity contribution in [3.05, 3.63) is 29.8 Å². The molecule has 1 aromatic rings. The maximum absolute atomic E-state index is 12.2. The van der Waals surface area contributed by atoms with E-state index >= 15 is 0 Å². The van der Waals surface area contributed by atoms with Crippen molar-refractivity contribution in [2.45, 2.75) is 52.4 Å². The minimum absolute atomic E-state index is 0.0328. The van der Waals surface area contributed by atoms with Gasteiger partial charge in [-0.3, -0.25) is 4.79 Å². The van der Waals surface area contributed by atoms with Crippen molar-refractivity contribution >= 4 is 13.9 Å². The molecule has 0 aromatic heterocycles. The van der Waals surface area contributed by atoms with E-state index in [-0.39, 0.29) is 16.7 Å². The first kappa shape index (κ1) is 20.5. The molecule has 3 nitrogen and oxygen atoms in total. The zero-order valence-electron chi connectivity index (χ0n) is 16.0. The molecule has 0 N–H and O–H groups in total. The average Bonchev–Trinajstić information content (AvgIpc) is 2.52. The van der Waals surface area contributed by atoms with Crippen molar-refractivity contribution in [2.75, 3.05) is 13.7 Å². The Kier molecular flexibility index (Phi) is 7.25. The standard InChI is InChI=1S/C20H30O3Si/c1-16(19(21)12-13-24(6,7)20(2,3)4)14-23-15-17-8-10-18(22-5)11-9-17/h8-11,16H,14-15H2,1-7H3/t16-/m1/s1. The number of benzene rings is 1. The number of Topliss-reactive ketones (excluding diaryl/α,β-unsaturated/α-hetero) is 1. The number of ether oxygens (including phenoxy) is 2. The Bertz CT molecular complexity index is 601. The molecule has 132 valence electrons. The summed E-state index contributed by atoms with van der Waals surface area (Å²) in [6.07, 6.45) is 0. The molecule has 0 spiro atoms. The Labute approximate surface area is 147 Å². The first-order valence-corrected chi connectivity index (χ1v) is 11.3. The molecule has 1 atom stereocenters. The fourth-order valence-electron chi connectivity index (χ4n) is 1.68. The molecule has 0 bridgehead atoms. The summed E-state index contributed by atoms with van der Waals surface area (Å²) in [6, 6.07) is 7.72. The van der Waals surface area contributed by atoms with Crippen LogP contribution in [0.3, 0.4) is 0 Å². The van der Waals surface area contributed by atoms with Crippen molar-refractivity contribution < 1.29 is 14.3 Å². The van der Waals surface area contributed by atoms with Crippen molar-refractivity contribution in [1.29, 1.82) is 0 Å².